The van der Waals surface area contributed by atoms with Gasteiger partial charge in [0.25, 0.3) is 0 Å². The van der Waals surface area contributed by atoms with Gasteiger partial charge in [-0.2, -0.15) is 0 Å². The molecule has 0 aliphatic heterocycles. The van der Waals surface area contributed by atoms with Crippen molar-refractivity contribution in [1.29, 1.82) is 0 Å². The Bertz CT molecular complexity index is 1070. The minimum atomic E-state index is -0.662. The van der Waals surface area contributed by atoms with E-state index < -0.39 is 6.04 Å². The topological polar surface area (TPSA) is 49.4 Å². The first-order valence-electron chi connectivity index (χ1n) is 12.4. The molecular weight excluding hydrogens is 439 g/mol. The summed E-state index contributed by atoms with van der Waals surface area (Å²) in [5, 5.41) is 3.02. The normalized spacial score (nSPS) is 11.6. The molecule has 4 nitrogen and oxygen atoms in total. The zero-order chi connectivity index (χ0) is 25.0. The summed E-state index contributed by atoms with van der Waals surface area (Å²) < 4.78 is 13.5. The summed E-state index contributed by atoms with van der Waals surface area (Å²) in [5.74, 6) is -0.585. The van der Waals surface area contributed by atoms with Crippen molar-refractivity contribution in [2.45, 2.75) is 58.5 Å². The summed E-state index contributed by atoms with van der Waals surface area (Å²) >= 11 is 0. The van der Waals surface area contributed by atoms with Crippen LogP contribution in [-0.2, 0) is 29.0 Å². The first-order chi connectivity index (χ1) is 17.0. The standard InChI is InChI=1S/C30H35FN2O2/c1-3-4-20-32-30(35)28(21-25-8-6-5-7-9-25)33(22-26-14-17-27(31)18-15-26)29(34)19-16-24-12-10-23(2)11-13-24/h5-15,17-18,28H,3-4,16,19-22H2,1-2H3,(H,32,35)/t28-/m1/s1. The zero-order valence-corrected chi connectivity index (χ0v) is 20.7. The third kappa shape index (κ3) is 8.36. The van der Waals surface area contributed by atoms with E-state index in [2.05, 4.69) is 12.2 Å². The maximum Gasteiger partial charge on any atom is 0.243 e. The maximum absolute atomic E-state index is 13.6. The molecule has 0 heterocycles. The molecule has 1 N–H and O–H groups in total. The molecule has 0 spiro atoms. The van der Waals surface area contributed by atoms with E-state index in [9.17, 15) is 14.0 Å². The van der Waals surface area contributed by atoms with Crippen molar-refractivity contribution in [3.8, 4) is 0 Å². The van der Waals surface area contributed by atoms with E-state index in [0.29, 0.717) is 19.4 Å². The Morgan fingerprint density at radius 2 is 1.54 bits per heavy atom. The lowest BCUT2D eigenvalue weighted by atomic mass is 10.0. The second-order valence-electron chi connectivity index (χ2n) is 8.98. The van der Waals surface area contributed by atoms with Gasteiger partial charge >= 0.3 is 0 Å². The largest absolute Gasteiger partial charge is 0.354 e. The van der Waals surface area contributed by atoms with Crippen LogP contribution in [0.15, 0.2) is 78.9 Å². The molecule has 0 radical (unpaired) electrons. The highest BCUT2D eigenvalue weighted by atomic mass is 19.1. The Morgan fingerprint density at radius 3 is 2.20 bits per heavy atom. The molecule has 0 aliphatic carbocycles. The molecule has 35 heavy (non-hydrogen) atoms. The van der Waals surface area contributed by atoms with E-state index in [4.69, 9.17) is 0 Å². The van der Waals surface area contributed by atoms with E-state index in [1.54, 1.807) is 17.0 Å². The molecular formula is C30H35FN2O2. The molecule has 1 atom stereocenters. The van der Waals surface area contributed by atoms with Crippen molar-refractivity contribution in [2.75, 3.05) is 6.54 Å². The fourth-order valence-electron chi connectivity index (χ4n) is 4.00. The number of amides is 2. The highest BCUT2D eigenvalue weighted by Gasteiger charge is 2.30. The molecule has 2 amide bonds. The van der Waals surface area contributed by atoms with Crippen LogP contribution in [0.1, 0.15) is 48.4 Å². The van der Waals surface area contributed by atoms with E-state index in [-0.39, 0.29) is 30.6 Å². The van der Waals surface area contributed by atoms with Gasteiger partial charge in [0, 0.05) is 25.9 Å². The highest BCUT2D eigenvalue weighted by molar-refractivity contribution is 5.88. The highest BCUT2D eigenvalue weighted by Crippen LogP contribution is 2.17. The van der Waals surface area contributed by atoms with Gasteiger partial charge in [-0.3, -0.25) is 9.59 Å². The van der Waals surface area contributed by atoms with Crippen LogP contribution in [0.4, 0.5) is 4.39 Å². The Kier molecular flexibility index (Phi) is 10.0. The second-order valence-corrected chi connectivity index (χ2v) is 8.98. The van der Waals surface area contributed by atoms with Crippen LogP contribution in [-0.4, -0.2) is 29.3 Å². The third-order valence-electron chi connectivity index (χ3n) is 6.11. The summed E-state index contributed by atoms with van der Waals surface area (Å²) in [7, 11) is 0. The number of carbonyl (C=O) groups is 2. The maximum atomic E-state index is 13.6. The smallest absolute Gasteiger partial charge is 0.243 e. The molecule has 0 aliphatic rings. The Hall–Kier alpha value is -3.47. The van der Waals surface area contributed by atoms with Crippen LogP contribution in [0.2, 0.25) is 0 Å². The molecule has 5 heteroatoms. The quantitative estimate of drug-likeness (QED) is 0.346. The van der Waals surface area contributed by atoms with Gasteiger partial charge in [-0.15, -0.1) is 0 Å². The molecule has 0 saturated heterocycles. The lowest BCUT2D eigenvalue weighted by Crippen LogP contribution is -2.50. The zero-order valence-electron chi connectivity index (χ0n) is 20.7. The average Bonchev–Trinajstić information content (AvgIpc) is 2.87. The van der Waals surface area contributed by atoms with Crippen LogP contribution in [0.25, 0.3) is 0 Å². The molecule has 0 saturated carbocycles. The Balaban J connectivity index is 1.86. The van der Waals surface area contributed by atoms with Crippen LogP contribution in [0.5, 0.6) is 0 Å². The van der Waals surface area contributed by atoms with Crippen molar-refractivity contribution in [3.63, 3.8) is 0 Å². The van der Waals surface area contributed by atoms with Crippen LogP contribution < -0.4 is 5.32 Å². The number of carbonyl (C=O) groups excluding carboxylic acids is 2. The lowest BCUT2D eigenvalue weighted by Gasteiger charge is -2.31. The number of aryl methyl sites for hydroxylation is 2. The molecule has 3 aromatic rings. The van der Waals surface area contributed by atoms with Gasteiger partial charge in [0.1, 0.15) is 11.9 Å². The van der Waals surface area contributed by atoms with Gasteiger partial charge in [-0.25, -0.2) is 4.39 Å². The van der Waals surface area contributed by atoms with Gasteiger partial charge in [-0.05, 0) is 48.6 Å². The fourth-order valence-corrected chi connectivity index (χ4v) is 4.00. The number of nitrogens with one attached hydrogen (secondary N) is 1. The van der Waals surface area contributed by atoms with Crippen molar-refractivity contribution >= 4 is 11.8 Å². The minimum Gasteiger partial charge on any atom is -0.354 e. The number of nitrogens with zero attached hydrogens (tertiary/aromatic N) is 1. The van der Waals surface area contributed by atoms with E-state index in [1.807, 2.05) is 61.5 Å². The molecule has 3 rings (SSSR count). The summed E-state index contributed by atoms with van der Waals surface area (Å²) in [6.07, 6.45) is 3.14. The average molecular weight is 475 g/mol. The molecule has 0 fully saturated rings. The van der Waals surface area contributed by atoms with Crippen LogP contribution in [0.3, 0.4) is 0 Å². The number of benzene rings is 3. The van der Waals surface area contributed by atoms with Crippen molar-refractivity contribution in [3.05, 3.63) is 107 Å². The number of unbranched alkanes of at least 4 members (excludes halogenated alkanes) is 1. The Morgan fingerprint density at radius 1 is 0.886 bits per heavy atom. The monoisotopic (exact) mass is 474 g/mol. The van der Waals surface area contributed by atoms with Gasteiger partial charge < -0.3 is 10.2 Å². The van der Waals surface area contributed by atoms with Gasteiger partial charge in [0.15, 0.2) is 0 Å². The van der Waals surface area contributed by atoms with Crippen LogP contribution in [0, 0.1) is 12.7 Å². The van der Waals surface area contributed by atoms with E-state index >= 15 is 0 Å². The molecule has 184 valence electrons. The predicted octanol–water partition coefficient (Wildman–Crippen LogP) is 5.62. The fraction of sp³-hybridized carbons (Fsp3) is 0.333. The molecule has 0 unspecified atom stereocenters. The van der Waals surface area contributed by atoms with Crippen LogP contribution >= 0.6 is 0 Å². The second kappa shape index (κ2) is 13.4. The van der Waals surface area contributed by atoms with Crippen molar-refractivity contribution in [1.82, 2.24) is 10.2 Å². The van der Waals surface area contributed by atoms with Gasteiger partial charge in [0.2, 0.25) is 11.8 Å². The third-order valence-corrected chi connectivity index (χ3v) is 6.11. The summed E-state index contributed by atoms with van der Waals surface area (Å²) in [4.78, 5) is 28.6. The lowest BCUT2D eigenvalue weighted by molar-refractivity contribution is -0.141. The summed E-state index contributed by atoms with van der Waals surface area (Å²) in [6.45, 7) is 4.92. The van der Waals surface area contributed by atoms with E-state index in [0.717, 1.165) is 29.5 Å². The summed E-state index contributed by atoms with van der Waals surface area (Å²) in [6, 6.07) is 23.3. The SMILES string of the molecule is CCCCNC(=O)[C@@H](Cc1ccccc1)N(Cc1ccc(F)cc1)C(=O)CCc1ccc(C)cc1. The number of hydrogen-bond acceptors (Lipinski definition) is 2. The number of halogens is 1. The number of rotatable bonds is 12. The first-order valence-corrected chi connectivity index (χ1v) is 12.4. The van der Waals surface area contributed by atoms with Crippen molar-refractivity contribution < 1.29 is 14.0 Å². The predicted molar refractivity (Wildman–Crippen MR) is 138 cm³/mol. The van der Waals surface area contributed by atoms with Gasteiger partial charge in [0.05, 0.1) is 0 Å². The molecule has 0 bridgehead atoms. The first kappa shape index (κ1) is 26.1. The summed E-state index contributed by atoms with van der Waals surface area (Å²) in [5.41, 5.74) is 4.02. The Labute approximate surface area is 208 Å². The van der Waals surface area contributed by atoms with E-state index in [1.165, 1.54) is 17.7 Å². The minimum absolute atomic E-state index is 0.0959. The molecule has 3 aromatic carbocycles. The molecule has 0 aromatic heterocycles. The number of hydrogen-bond donors (Lipinski definition) is 1. The van der Waals surface area contributed by atoms with Gasteiger partial charge in [-0.1, -0.05) is 85.6 Å². The van der Waals surface area contributed by atoms with Crippen molar-refractivity contribution in [2.24, 2.45) is 0 Å².